The molecule has 110 valence electrons. The van der Waals surface area contributed by atoms with E-state index in [1.807, 2.05) is 18.7 Å². The number of aryl methyl sites for hydroxylation is 1. The summed E-state index contributed by atoms with van der Waals surface area (Å²) in [6.07, 6.45) is 1.86. The minimum Gasteiger partial charge on any atom is -0.493 e. The lowest BCUT2D eigenvalue weighted by Crippen LogP contribution is -2.37. The Morgan fingerprint density at radius 2 is 2.05 bits per heavy atom. The van der Waals surface area contributed by atoms with Crippen molar-refractivity contribution in [1.29, 1.82) is 0 Å². The van der Waals surface area contributed by atoms with E-state index in [9.17, 15) is 0 Å². The Kier molecular flexibility index (Phi) is 6.31. The highest BCUT2D eigenvalue weighted by molar-refractivity contribution is 5.29. The van der Waals surface area contributed by atoms with Crippen molar-refractivity contribution in [3.05, 3.63) is 11.9 Å². The average molecular weight is 269 g/mol. The van der Waals surface area contributed by atoms with Crippen LogP contribution in [0.4, 0.5) is 0 Å². The number of nitrogens with zero attached hydrogens (tertiary/aromatic N) is 2. The molecule has 0 fully saturated rings. The van der Waals surface area contributed by atoms with Crippen LogP contribution in [0.5, 0.6) is 5.75 Å². The Morgan fingerprint density at radius 1 is 1.37 bits per heavy atom. The lowest BCUT2D eigenvalue weighted by atomic mass is 9.96. The number of methoxy groups -OCH3 is 1. The number of likely N-dealkylation sites (N-methyl/N-ethyl adjacent to an activating group) is 1. The van der Waals surface area contributed by atoms with Crippen molar-refractivity contribution in [3.8, 4) is 5.75 Å². The van der Waals surface area contributed by atoms with Gasteiger partial charge in [0.25, 0.3) is 0 Å². The normalized spacial score (nSPS) is 14.7. The van der Waals surface area contributed by atoms with Gasteiger partial charge in [0, 0.05) is 13.2 Å². The second-order valence-corrected chi connectivity index (χ2v) is 4.84. The fraction of sp³-hybridized carbons (Fsp3) is 0.786. The van der Waals surface area contributed by atoms with E-state index in [1.165, 1.54) is 0 Å². The maximum absolute atomic E-state index is 5.92. The van der Waals surface area contributed by atoms with Crippen molar-refractivity contribution in [2.75, 3.05) is 20.8 Å². The Morgan fingerprint density at radius 3 is 2.47 bits per heavy atom. The van der Waals surface area contributed by atoms with E-state index in [1.54, 1.807) is 13.3 Å². The van der Waals surface area contributed by atoms with Crippen molar-refractivity contribution < 1.29 is 9.47 Å². The van der Waals surface area contributed by atoms with Gasteiger partial charge in [0.1, 0.15) is 0 Å². The fourth-order valence-electron chi connectivity index (χ4n) is 2.42. The molecule has 1 rings (SSSR count). The highest BCUT2D eigenvalue weighted by atomic mass is 16.5. The van der Waals surface area contributed by atoms with Crippen molar-refractivity contribution in [1.82, 2.24) is 15.1 Å². The van der Waals surface area contributed by atoms with E-state index in [0.717, 1.165) is 18.0 Å². The molecule has 0 aromatic carbocycles. The molecule has 1 aromatic rings. The van der Waals surface area contributed by atoms with Gasteiger partial charge in [-0.05, 0) is 26.8 Å². The van der Waals surface area contributed by atoms with Crippen LogP contribution >= 0.6 is 0 Å². The number of rotatable bonds is 8. The summed E-state index contributed by atoms with van der Waals surface area (Å²) in [7, 11) is 3.63. The first-order valence-electron chi connectivity index (χ1n) is 6.99. The van der Waals surface area contributed by atoms with Crippen LogP contribution in [-0.4, -0.2) is 36.6 Å². The van der Waals surface area contributed by atoms with E-state index < -0.39 is 0 Å². The molecular formula is C14H27N3O2. The molecule has 19 heavy (non-hydrogen) atoms. The van der Waals surface area contributed by atoms with Gasteiger partial charge in [-0.3, -0.25) is 4.68 Å². The van der Waals surface area contributed by atoms with Crippen molar-refractivity contribution in [2.24, 2.45) is 5.92 Å². The van der Waals surface area contributed by atoms with Crippen LogP contribution in [0.3, 0.4) is 0 Å². The molecular weight excluding hydrogens is 242 g/mol. The third kappa shape index (κ3) is 3.48. The van der Waals surface area contributed by atoms with Crippen LogP contribution in [0.1, 0.15) is 39.4 Å². The van der Waals surface area contributed by atoms with Crippen LogP contribution < -0.4 is 10.1 Å². The van der Waals surface area contributed by atoms with Crippen LogP contribution in [0, 0.1) is 5.92 Å². The molecule has 0 saturated heterocycles. The van der Waals surface area contributed by atoms with Gasteiger partial charge in [0.05, 0.1) is 31.1 Å². The molecule has 1 aromatic heterocycles. The third-order valence-corrected chi connectivity index (χ3v) is 3.31. The summed E-state index contributed by atoms with van der Waals surface area (Å²) in [5.74, 6) is 1.22. The Labute approximate surface area is 116 Å². The summed E-state index contributed by atoms with van der Waals surface area (Å²) in [4.78, 5) is 0. The molecule has 0 aliphatic rings. The van der Waals surface area contributed by atoms with Gasteiger partial charge in [-0.15, -0.1) is 0 Å². The predicted octanol–water partition coefficient (Wildman–Crippen LogP) is 2.23. The number of aromatic nitrogens is 2. The molecule has 0 saturated carbocycles. The van der Waals surface area contributed by atoms with Gasteiger partial charge >= 0.3 is 0 Å². The number of nitrogens with one attached hydrogen (secondary N) is 1. The Hall–Kier alpha value is -1.07. The first-order valence-corrected chi connectivity index (χ1v) is 6.99. The molecule has 1 N–H and O–H groups in total. The van der Waals surface area contributed by atoms with E-state index >= 15 is 0 Å². The van der Waals surface area contributed by atoms with Gasteiger partial charge in [-0.1, -0.05) is 13.8 Å². The highest BCUT2D eigenvalue weighted by Gasteiger charge is 2.30. The zero-order valence-corrected chi connectivity index (χ0v) is 12.9. The summed E-state index contributed by atoms with van der Waals surface area (Å²) >= 11 is 0. The van der Waals surface area contributed by atoms with Crippen LogP contribution in [0.25, 0.3) is 0 Å². The predicted molar refractivity (Wildman–Crippen MR) is 76.5 cm³/mol. The third-order valence-electron chi connectivity index (χ3n) is 3.31. The molecule has 0 aliphatic carbocycles. The molecule has 5 nitrogen and oxygen atoms in total. The lowest BCUT2D eigenvalue weighted by Gasteiger charge is -2.30. The lowest BCUT2D eigenvalue weighted by molar-refractivity contribution is 0.00205. The fourth-order valence-corrected chi connectivity index (χ4v) is 2.42. The van der Waals surface area contributed by atoms with Crippen LogP contribution in [0.2, 0.25) is 0 Å². The van der Waals surface area contributed by atoms with Gasteiger partial charge in [-0.25, -0.2) is 0 Å². The summed E-state index contributed by atoms with van der Waals surface area (Å²) in [6, 6.07) is 0.0670. The summed E-state index contributed by atoms with van der Waals surface area (Å²) in [5, 5.41) is 7.73. The van der Waals surface area contributed by atoms with Gasteiger partial charge in [0.2, 0.25) is 0 Å². The van der Waals surface area contributed by atoms with Gasteiger partial charge in [0.15, 0.2) is 5.75 Å². The molecule has 0 aliphatic heterocycles. The summed E-state index contributed by atoms with van der Waals surface area (Å²) in [5.41, 5.74) is 1.06. The van der Waals surface area contributed by atoms with Crippen LogP contribution in [-0.2, 0) is 11.3 Å². The van der Waals surface area contributed by atoms with Gasteiger partial charge in [-0.2, -0.15) is 5.10 Å². The molecule has 0 spiro atoms. The standard InChI is InChI=1S/C14H27N3O2/c1-7-17-13(11(18-6)9-16-17)12(15-5)14(10(3)4)19-8-2/h9-10,12,14-15H,7-8H2,1-6H3. The Bertz CT molecular complexity index is 355. The molecule has 1 heterocycles. The van der Waals surface area contributed by atoms with E-state index in [2.05, 4.69) is 31.2 Å². The zero-order chi connectivity index (χ0) is 14.4. The van der Waals surface area contributed by atoms with E-state index in [-0.39, 0.29) is 12.1 Å². The van der Waals surface area contributed by atoms with Crippen LogP contribution in [0.15, 0.2) is 6.20 Å². The smallest absolute Gasteiger partial charge is 0.161 e. The largest absolute Gasteiger partial charge is 0.493 e. The van der Waals surface area contributed by atoms with Crippen molar-refractivity contribution in [3.63, 3.8) is 0 Å². The second kappa shape index (κ2) is 7.50. The monoisotopic (exact) mass is 269 g/mol. The molecule has 0 bridgehead atoms. The molecule has 2 unspecified atom stereocenters. The van der Waals surface area contributed by atoms with E-state index in [4.69, 9.17) is 9.47 Å². The van der Waals surface area contributed by atoms with Gasteiger partial charge < -0.3 is 14.8 Å². The Balaban J connectivity index is 3.16. The van der Waals surface area contributed by atoms with Crippen molar-refractivity contribution in [2.45, 2.75) is 46.4 Å². The minimum atomic E-state index is 0.0670. The summed E-state index contributed by atoms with van der Waals surface area (Å²) in [6.45, 7) is 9.95. The topological polar surface area (TPSA) is 48.3 Å². The number of hydrogen-bond donors (Lipinski definition) is 1. The zero-order valence-electron chi connectivity index (χ0n) is 12.9. The first-order chi connectivity index (χ1) is 9.10. The number of ether oxygens (including phenoxy) is 2. The quantitative estimate of drug-likeness (QED) is 0.786. The maximum atomic E-state index is 5.92. The van der Waals surface area contributed by atoms with E-state index in [0.29, 0.717) is 12.5 Å². The summed E-state index contributed by atoms with van der Waals surface area (Å²) < 4.78 is 13.3. The average Bonchev–Trinajstić information content (AvgIpc) is 2.81. The van der Waals surface area contributed by atoms with Crippen molar-refractivity contribution >= 4 is 0 Å². The molecule has 2 atom stereocenters. The first kappa shape index (κ1) is 16.0. The molecule has 5 heteroatoms. The molecule has 0 amide bonds. The highest BCUT2D eigenvalue weighted by Crippen LogP contribution is 2.31. The second-order valence-electron chi connectivity index (χ2n) is 4.84. The molecule has 0 radical (unpaired) electrons. The maximum Gasteiger partial charge on any atom is 0.161 e. The SMILES string of the molecule is CCOC(C(C)C)C(NC)c1c(OC)cnn1CC. The minimum absolute atomic E-state index is 0.0670. The number of hydrogen-bond acceptors (Lipinski definition) is 4.